The second-order valence-electron chi connectivity index (χ2n) is 4.40. The summed E-state index contributed by atoms with van der Waals surface area (Å²) in [5.74, 6) is 1.49. The molecule has 96 valence electrons. The van der Waals surface area contributed by atoms with E-state index in [1.165, 1.54) is 0 Å². The molecule has 6 heteroatoms. The number of nitrogen functional groups attached to an aromatic ring is 1. The molecule has 0 aliphatic heterocycles. The van der Waals surface area contributed by atoms with Crippen molar-refractivity contribution < 1.29 is 0 Å². The minimum atomic E-state index is 0.550. The van der Waals surface area contributed by atoms with Gasteiger partial charge >= 0.3 is 0 Å². The quantitative estimate of drug-likeness (QED) is 0.692. The molecular formula is C13H12ClN5. The number of anilines is 1. The second-order valence-corrected chi connectivity index (χ2v) is 4.81. The minimum Gasteiger partial charge on any atom is -0.399 e. The van der Waals surface area contributed by atoms with E-state index >= 15 is 0 Å². The van der Waals surface area contributed by atoms with Crippen LogP contribution in [0.25, 0.3) is 17.0 Å². The number of aromatic nitrogens is 4. The molecule has 0 radical (unpaired) electrons. The molecule has 0 unspecified atom stereocenters. The number of hydrogen-bond donors (Lipinski definition) is 1. The largest absolute Gasteiger partial charge is 0.399 e. The summed E-state index contributed by atoms with van der Waals surface area (Å²) in [7, 11) is 0. The van der Waals surface area contributed by atoms with Crippen molar-refractivity contribution in [2.24, 2.45) is 0 Å². The Morgan fingerprint density at radius 3 is 2.68 bits per heavy atom. The summed E-state index contributed by atoms with van der Waals surface area (Å²) in [4.78, 5) is 4.42. The third-order valence-electron chi connectivity index (χ3n) is 2.92. The molecule has 3 aromatic rings. The maximum atomic E-state index is 6.22. The number of nitrogens with zero attached hydrogens (tertiary/aromatic N) is 4. The lowest BCUT2D eigenvalue weighted by Crippen LogP contribution is -1.99. The highest BCUT2D eigenvalue weighted by molar-refractivity contribution is 6.33. The zero-order valence-corrected chi connectivity index (χ0v) is 11.3. The number of nitrogens with two attached hydrogens (primary N) is 1. The van der Waals surface area contributed by atoms with Crippen LogP contribution in [0.5, 0.6) is 0 Å². The third-order valence-corrected chi connectivity index (χ3v) is 3.23. The minimum absolute atomic E-state index is 0.550. The number of rotatable bonds is 1. The Hall–Kier alpha value is -2.14. The SMILES string of the molecule is Cc1cc2nnc(-c3ccc(N)cc3Cl)n2c(C)n1. The fraction of sp³-hybridized carbons (Fsp3) is 0.154. The van der Waals surface area contributed by atoms with Crippen LogP contribution < -0.4 is 5.73 Å². The summed E-state index contributed by atoms with van der Waals surface area (Å²) >= 11 is 6.22. The van der Waals surface area contributed by atoms with Crippen molar-refractivity contribution >= 4 is 22.9 Å². The fourth-order valence-corrected chi connectivity index (χ4v) is 2.39. The summed E-state index contributed by atoms with van der Waals surface area (Å²) < 4.78 is 1.88. The van der Waals surface area contributed by atoms with Crippen molar-refractivity contribution in [1.29, 1.82) is 0 Å². The van der Waals surface area contributed by atoms with Gasteiger partial charge < -0.3 is 5.73 Å². The number of halogens is 1. The van der Waals surface area contributed by atoms with Gasteiger partial charge in [-0.25, -0.2) is 4.98 Å². The first-order valence-electron chi connectivity index (χ1n) is 5.81. The van der Waals surface area contributed by atoms with Gasteiger partial charge in [0.05, 0.1) is 5.02 Å². The van der Waals surface area contributed by atoms with Crippen LogP contribution in [0.2, 0.25) is 5.02 Å². The lowest BCUT2D eigenvalue weighted by Gasteiger charge is -2.06. The number of benzene rings is 1. The van der Waals surface area contributed by atoms with Gasteiger partial charge in [0.2, 0.25) is 0 Å². The molecule has 0 atom stereocenters. The molecular weight excluding hydrogens is 262 g/mol. The molecule has 0 aliphatic carbocycles. The van der Waals surface area contributed by atoms with E-state index in [1.54, 1.807) is 12.1 Å². The lowest BCUT2D eigenvalue weighted by atomic mass is 10.2. The van der Waals surface area contributed by atoms with Crippen LogP contribution >= 0.6 is 11.6 Å². The normalized spacial score (nSPS) is 11.1. The van der Waals surface area contributed by atoms with Gasteiger partial charge in [0, 0.05) is 23.0 Å². The molecule has 0 spiro atoms. The van der Waals surface area contributed by atoms with E-state index in [2.05, 4.69) is 15.2 Å². The molecule has 2 aromatic heterocycles. The van der Waals surface area contributed by atoms with Gasteiger partial charge in [0.1, 0.15) is 5.82 Å². The van der Waals surface area contributed by atoms with Crippen molar-refractivity contribution in [3.05, 3.63) is 40.8 Å². The molecule has 3 rings (SSSR count). The molecule has 2 heterocycles. The highest BCUT2D eigenvalue weighted by Gasteiger charge is 2.14. The summed E-state index contributed by atoms with van der Waals surface area (Å²) in [6.07, 6.45) is 0. The predicted octanol–water partition coefficient (Wildman–Crippen LogP) is 2.64. The van der Waals surface area contributed by atoms with E-state index in [9.17, 15) is 0 Å². The zero-order chi connectivity index (χ0) is 13.6. The predicted molar refractivity (Wildman–Crippen MR) is 75.1 cm³/mol. The number of fused-ring (bicyclic) bond motifs is 1. The van der Waals surface area contributed by atoms with Crippen LogP contribution in [0, 0.1) is 13.8 Å². The second kappa shape index (κ2) is 4.20. The van der Waals surface area contributed by atoms with Gasteiger partial charge in [-0.15, -0.1) is 10.2 Å². The standard InChI is InChI=1S/C13H12ClN5/c1-7-5-12-17-18-13(19(12)8(2)16-7)10-4-3-9(15)6-11(10)14/h3-6H,15H2,1-2H3. The summed E-state index contributed by atoms with van der Waals surface area (Å²) in [5, 5.41) is 8.92. The van der Waals surface area contributed by atoms with Crippen molar-refractivity contribution in [3.63, 3.8) is 0 Å². The topological polar surface area (TPSA) is 69.1 Å². The lowest BCUT2D eigenvalue weighted by molar-refractivity contribution is 0.962. The molecule has 19 heavy (non-hydrogen) atoms. The van der Waals surface area contributed by atoms with Gasteiger partial charge in [-0.3, -0.25) is 4.40 Å². The zero-order valence-electron chi connectivity index (χ0n) is 10.6. The van der Waals surface area contributed by atoms with Crippen LogP contribution in [-0.4, -0.2) is 19.6 Å². The first-order chi connectivity index (χ1) is 9.06. The summed E-state index contributed by atoms with van der Waals surface area (Å²) in [5.41, 5.74) is 8.78. The monoisotopic (exact) mass is 273 g/mol. The highest BCUT2D eigenvalue weighted by Crippen LogP contribution is 2.29. The van der Waals surface area contributed by atoms with Crippen molar-refractivity contribution in [3.8, 4) is 11.4 Å². The smallest absolute Gasteiger partial charge is 0.171 e. The van der Waals surface area contributed by atoms with Gasteiger partial charge in [-0.05, 0) is 32.0 Å². The molecule has 5 nitrogen and oxygen atoms in total. The van der Waals surface area contributed by atoms with E-state index in [1.807, 2.05) is 30.4 Å². The molecule has 0 saturated heterocycles. The molecule has 0 bridgehead atoms. The van der Waals surface area contributed by atoms with Crippen LogP contribution in [0.4, 0.5) is 5.69 Å². The van der Waals surface area contributed by atoms with Crippen LogP contribution in [0.3, 0.4) is 0 Å². The average molecular weight is 274 g/mol. The first-order valence-corrected chi connectivity index (χ1v) is 6.19. The molecule has 0 fully saturated rings. The van der Waals surface area contributed by atoms with Gasteiger partial charge in [0.25, 0.3) is 0 Å². The van der Waals surface area contributed by atoms with E-state index in [0.29, 0.717) is 16.5 Å². The maximum absolute atomic E-state index is 6.22. The molecule has 0 amide bonds. The van der Waals surface area contributed by atoms with Crippen LogP contribution in [-0.2, 0) is 0 Å². The number of aryl methyl sites for hydroxylation is 2. The van der Waals surface area contributed by atoms with Crippen molar-refractivity contribution in [2.75, 3.05) is 5.73 Å². The Balaban J connectivity index is 2.31. The van der Waals surface area contributed by atoms with Gasteiger partial charge in [0.15, 0.2) is 11.5 Å². The third kappa shape index (κ3) is 1.92. The molecule has 0 saturated carbocycles. The highest BCUT2D eigenvalue weighted by atomic mass is 35.5. The van der Waals surface area contributed by atoms with E-state index in [4.69, 9.17) is 17.3 Å². The van der Waals surface area contributed by atoms with E-state index in [-0.39, 0.29) is 0 Å². The Kier molecular flexibility index (Phi) is 2.64. The molecule has 0 aliphatic rings. The van der Waals surface area contributed by atoms with Gasteiger partial charge in [-0.1, -0.05) is 11.6 Å². The van der Waals surface area contributed by atoms with Crippen LogP contribution in [0.15, 0.2) is 24.3 Å². The number of hydrogen-bond acceptors (Lipinski definition) is 4. The van der Waals surface area contributed by atoms with Crippen molar-refractivity contribution in [1.82, 2.24) is 19.6 Å². The fourth-order valence-electron chi connectivity index (χ4n) is 2.12. The molecule has 2 N–H and O–H groups in total. The van der Waals surface area contributed by atoms with Crippen molar-refractivity contribution in [2.45, 2.75) is 13.8 Å². The molecule has 1 aromatic carbocycles. The maximum Gasteiger partial charge on any atom is 0.171 e. The Labute approximate surface area is 115 Å². The Morgan fingerprint density at radius 1 is 1.16 bits per heavy atom. The van der Waals surface area contributed by atoms with Crippen LogP contribution in [0.1, 0.15) is 11.5 Å². The van der Waals surface area contributed by atoms with E-state index < -0.39 is 0 Å². The summed E-state index contributed by atoms with van der Waals surface area (Å²) in [6, 6.07) is 7.22. The Bertz CT molecular complexity index is 778. The average Bonchev–Trinajstić information content (AvgIpc) is 2.72. The summed E-state index contributed by atoms with van der Waals surface area (Å²) in [6.45, 7) is 3.84. The Morgan fingerprint density at radius 2 is 1.95 bits per heavy atom. The van der Waals surface area contributed by atoms with E-state index in [0.717, 1.165) is 22.7 Å². The first kappa shape index (κ1) is 11.9. The van der Waals surface area contributed by atoms with Gasteiger partial charge in [-0.2, -0.15) is 0 Å².